The van der Waals surface area contributed by atoms with Crippen molar-refractivity contribution in [1.29, 1.82) is 0 Å². The Morgan fingerprint density at radius 2 is 1.94 bits per heavy atom. The van der Waals surface area contributed by atoms with Gasteiger partial charge in [0.25, 0.3) is 0 Å². The molecular formula is C10H4BrClF3N. The molecule has 0 N–H and O–H groups in total. The van der Waals surface area contributed by atoms with Crippen molar-refractivity contribution in [3.05, 3.63) is 39.6 Å². The second-order valence-corrected chi connectivity index (χ2v) is 4.42. The Morgan fingerprint density at radius 3 is 2.56 bits per heavy atom. The third-order valence-electron chi connectivity index (χ3n) is 2.09. The van der Waals surface area contributed by atoms with Crippen LogP contribution < -0.4 is 0 Å². The minimum atomic E-state index is -4.45. The van der Waals surface area contributed by atoms with Gasteiger partial charge in [0.05, 0.1) is 5.56 Å². The van der Waals surface area contributed by atoms with Gasteiger partial charge in [-0.3, -0.25) is 0 Å². The Kier molecular flexibility index (Phi) is 2.84. The summed E-state index contributed by atoms with van der Waals surface area (Å²) in [5.74, 6) is 0. The van der Waals surface area contributed by atoms with E-state index in [9.17, 15) is 13.2 Å². The van der Waals surface area contributed by atoms with E-state index in [0.717, 1.165) is 6.07 Å². The molecule has 0 amide bonds. The monoisotopic (exact) mass is 309 g/mol. The molecule has 0 saturated carbocycles. The van der Waals surface area contributed by atoms with Gasteiger partial charge in [-0.2, -0.15) is 13.2 Å². The zero-order valence-corrected chi connectivity index (χ0v) is 9.99. The zero-order valence-electron chi connectivity index (χ0n) is 7.65. The molecule has 0 bridgehead atoms. The largest absolute Gasteiger partial charge is 0.417 e. The maximum atomic E-state index is 12.8. The molecule has 1 aromatic heterocycles. The summed E-state index contributed by atoms with van der Waals surface area (Å²) in [6.45, 7) is 0. The van der Waals surface area contributed by atoms with Gasteiger partial charge >= 0.3 is 6.18 Å². The van der Waals surface area contributed by atoms with Crippen molar-refractivity contribution in [2.24, 2.45) is 0 Å². The third-order valence-corrected chi connectivity index (χ3v) is 2.83. The molecule has 2 rings (SSSR count). The van der Waals surface area contributed by atoms with E-state index in [1.165, 1.54) is 12.3 Å². The van der Waals surface area contributed by atoms with Gasteiger partial charge in [0, 0.05) is 16.1 Å². The summed E-state index contributed by atoms with van der Waals surface area (Å²) in [4.78, 5) is 3.66. The van der Waals surface area contributed by atoms with Crippen LogP contribution in [0.15, 0.2) is 28.9 Å². The van der Waals surface area contributed by atoms with Gasteiger partial charge < -0.3 is 0 Å². The van der Waals surface area contributed by atoms with Gasteiger partial charge in [0.2, 0.25) is 0 Å². The third kappa shape index (κ3) is 2.01. The van der Waals surface area contributed by atoms with Crippen molar-refractivity contribution >= 4 is 38.3 Å². The van der Waals surface area contributed by atoms with Gasteiger partial charge in [0.15, 0.2) is 0 Å². The lowest BCUT2D eigenvalue weighted by Gasteiger charge is -2.11. The fraction of sp³-hybridized carbons (Fsp3) is 0.100. The topological polar surface area (TPSA) is 12.9 Å². The van der Waals surface area contributed by atoms with Crippen LogP contribution in [0.3, 0.4) is 0 Å². The fourth-order valence-electron chi connectivity index (χ4n) is 1.46. The summed E-state index contributed by atoms with van der Waals surface area (Å²) in [5, 5.41) is 0.193. The second-order valence-electron chi connectivity index (χ2n) is 3.15. The molecule has 0 atom stereocenters. The number of nitrogens with zero attached hydrogens (tertiary/aromatic N) is 1. The predicted octanol–water partition coefficient (Wildman–Crippen LogP) is 4.67. The fourth-order valence-corrected chi connectivity index (χ4v) is 2.20. The van der Waals surface area contributed by atoms with E-state index in [2.05, 4.69) is 20.9 Å². The SMILES string of the molecule is FC(F)(F)c1cc(Br)cc2ccnc(Cl)c12. The molecule has 1 heterocycles. The number of fused-ring (bicyclic) bond motifs is 1. The van der Waals surface area contributed by atoms with Crippen LogP contribution in [0.5, 0.6) is 0 Å². The normalized spacial score (nSPS) is 12.1. The molecule has 0 fully saturated rings. The minimum absolute atomic E-state index is 0.0696. The average Bonchev–Trinajstić information content (AvgIpc) is 2.15. The second kappa shape index (κ2) is 3.89. The molecule has 0 radical (unpaired) electrons. The summed E-state index contributed by atoms with van der Waals surface area (Å²) < 4.78 is 38.7. The van der Waals surface area contributed by atoms with Crippen LogP contribution in [-0.4, -0.2) is 4.98 Å². The van der Waals surface area contributed by atoms with Gasteiger partial charge in [-0.15, -0.1) is 0 Å². The lowest BCUT2D eigenvalue weighted by Crippen LogP contribution is -2.06. The van der Waals surface area contributed by atoms with Crippen molar-refractivity contribution in [2.75, 3.05) is 0 Å². The molecule has 0 saturated heterocycles. The molecule has 16 heavy (non-hydrogen) atoms. The highest BCUT2D eigenvalue weighted by Crippen LogP contribution is 2.39. The maximum absolute atomic E-state index is 12.8. The van der Waals surface area contributed by atoms with Gasteiger partial charge in [-0.25, -0.2) is 4.98 Å². The first-order valence-corrected chi connectivity index (χ1v) is 5.37. The standard InChI is InChI=1S/C10H4BrClF3N/c11-6-3-5-1-2-16-9(12)8(5)7(4-6)10(13,14)15/h1-4H. The van der Waals surface area contributed by atoms with Crippen molar-refractivity contribution < 1.29 is 13.2 Å². The molecule has 1 nitrogen and oxygen atoms in total. The van der Waals surface area contributed by atoms with Crippen molar-refractivity contribution in [1.82, 2.24) is 4.98 Å². The molecule has 84 valence electrons. The van der Waals surface area contributed by atoms with E-state index in [-0.39, 0.29) is 10.5 Å². The maximum Gasteiger partial charge on any atom is 0.417 e. The highest BCUT2D eigenvalue weighted by atomic mass is 79.9. The number of hydrogen-bond acceptors (Lipinski definition) is 1. The van der Waals surface area contributed by atoms with Gasteiger partial charge in [-0.1, -0.05) is 27.5 Å². The molecule has 0 unspecified atom stereocenters. The smallest absolute Gasteiger partial charge is 0.244 e. The number of hydrogen-bond donors (Lipinski definition) is 0. The molecule has 2 aromatic rings. The van der Waals surface area contributed by atoms with Gasteiger partial charge in [-0.05, 0) is 23.6 Å². The molecule has 0 aliphatic rings. The Morgan fingerprint density at radius 1 is 1.25 bits per heavy atom. The Balaban J connectivity index is 2.91. The van der Waals surface area contributed by atoms with E-state index in [1.54, 1.807) is 6.07 Å². The molecular weight excluding hydrogens is 306 g/mol. The van der Waals surface area contributed by atoms with Crippen LogP contribution in [0, 0.1) is 0 Å². The number of pyridine rings is 1. The summed E-state index contributed by atoms with van der Waals surface area (Å²) in [6, 6.07) is 4.05. The molecule has 0 spiro atoms. The summed E-state index contributed by atoms with van der Waals surface area (Å²) in [5.41, 5.74) is -0.782. The van der Waals surface area contributed by atoms with E-state index in [0.29, 0.717) is 9.86 Å². The van der Waals surface area contributed by atoms with E-state index < -0.39 is 11.7 Å². The molecule has 6 heteroatoms. The summed E-state index contributed by atoms with van der Waals surface area (Å²) in [6.07, 6.45) is -3.08. The van der Waals surface area contributed by atoms with E-state index >= 15 is 0 Å². The van der Waals surface area contributed by atoms with Crippen molar-refractivity contribution in [2.45, 2.75) is 6.18 Å². The van der Waals surface area contributed by atoms with Crippen LogP contribution in [0.4, 0.5) is 13.2 Å². The van der Waals surface area contributed by atoms with Crippen LogP contribution >= 0.6 is 27.5 Å². The first kappa shape index (κ1) is 11.7. The van der Waals surface area contributed by atoms with Crippen LogP contribution in [0.2, 0.25) is 5.15 Å². The Hall–Kier alpha value is -0.810. The van der Waals surface area contributed by atoms with Gasteiger partial charge in [0.1, 0.15) is 5.15 Å². The molecule has 0 aliphatic carbocycles. The quantitative estimate of drug-likeness (QED) is 0.644. The Labute approximate surface area is 102 Å². The van der Waals surface area contributed by atoms with E-state index in [4.69, 9.17) is 11.6 Å². The highest BCUT2D eigenvalue weighted by molar-refractivity contribution is 9.10. The average molecular weight is 311 g/mol. The summed E-state index contributed by atoms with van der Waals surface area (Å²) >= 11 is 8.73. The first-order valence-electron chi connectivity index (χ1n) is 4.20. The lowest BCUT2D eigenvalue weighted by atomic mass is 10.1. The number of benzene rings is 1. The van der Waals surface area contributed by atoms with Crippen LogP contribution in [0.1, 0.15) is 5.56 Å². The first-order chi connectivity index (χ1) is 7.39. The van der Waals surface area contributed by atoms with Crippen molar-refractivity contribution in [3.8, 4) is 0 Å². The van der Waals surface area contributed by atoms with Crippen LogP contribution in [0.25, 0.3) is 10.8 Å². The Bertz CT molecular complexity index is 553. The minimum Gasteiger partial charge on any atom is -0.244 e. The van der Waals surface area contributed by atoms with Crippen LogP contribution in [-0.2, 0) is 6.18 Å². The zero-order chi connectivity index (χ0) is 11.9. The number of rotatable bonds is 0. The molecule has 1 aromatic carbocycles. The molecule has 0 aliphatic heterocycles. The highest BCUT2D eigenvalue weighted by Gasteiger charge is 2.33. The van der Waals surface area contributed by atoms with E-state index in [1.807, 2.05) is 0 Å². The lowest BCUT2D eigenvalue weighted by molar-refractivity contribution is -0.136. The number of aromatic nitrogens is 1. The summed E-state index contributed by atoms with van der Waals surface area (Å²) in [7, 11) is 0. The predicted molar refractivity (Wildman–Crippen MR) is 59.5 cm³/mol. The number of halogens is 5. The van der Waals surface area contributed by atoms with Crippen molar-refractivity contribution in [3.63, 3.8) is 0 Å². The number of alkyl halides is 3.